The lowest BCUT2D eigenvalue weighted by Crippen LogP contribution is -2.43. The first kappa shape index (κ1) is 24.9. The van der Waals surface area contributed by atoms with Crippen molar-refractivity contribution < 1.29 is 4.79 Å². The molecule has 3 heterocycles. The summed E-state index contributed by atoms with van der Waals surface area (Å²) in [6.45, 7) is 8.54. The smallest absolute Gasteiger partial charge is 0.262 e. The maximum absolute atomic E-state index is 13.8. The van der Waals surface area contributed by atoms with Crippen molar-refractivity contribution in [3.8, 4) is 0 Å². The third-order valence-corrected chi connectivity index (χ3v) is 8.31. The molecule has 0 aliphatic carbocycles. The lowest BCUT2D eigenvalue weighted by atomic mass is 9.92. The number of aromatic nitrogens is 2. The molecule has 5 rings (SSSR count). The van der Waals surface area contributed by atoms with E-state index in [1.165, 1.54) is 37.4 Å². The minimum Gasteiger partial charge on any atom is -0.372 e. The highest BCUT2D eigenvalue weighted by atomic mass is 32.2. The quantitative estimate of drug-likeness (QED) is 0.348. The Morgan fingerprint density at radius 2 is 1.72 bits per heavy atom. The van der Waals surface area contributed by atoms with Gasteiger partial charge in [0.1, 0.15) is 0 Å². The van der Waals surface area contributed by atoms with Gasteiger partial charge in [-0.2, -0.15) is 0 Å². The fourth-order valence-corrected chi connectivity index (χ4v) is 6.54. The van der Waals surface area contributed by atoms with Gasteiger partial charge in [-0.3, -0.25) is 14.2 Å². The molecule has 0 unspecified atom stereocenters. The number of carbonyl (C=O) groups excluding carboxylic acids is 1. The molecule has 0 bridgehead atoms. The summed E-state index contributed by atoms with van der Waals surface area (Å²) in [5.74, 6) is 1.45. The monoisotopic (exact) mass is 504 g/mol. The number of amides is 1. The van der Waals surface area contributed by atoms with Gasteiger partial charge in [0.25, 0.3) is 5.56 Å². The van der Waals surface area contributed by atoms with Gasteiger partial charge >= 0.3 is 0 Å². The van der Waals surface area contributed by atoms with Crippen molar-refractivity contribution in [2.24, 2.45) is 11.8 Å². The van der Waals surface area contributed by atoms with E-state index in [9.17, 15) is 9.59 Å². The van der Waals surface area contributed by atoms with E-state index < -0.39 is 0 Å². The first-order valence-electron chi connectivity index (χ1n) is 13.2. The number of rotatable bonds is 6. The van der Waals surface area contributed by atoms with Crippen LogP contribution in [0.4, 0.5) is 5.69 Å². The second kappa shape index (κ2) is 11.1. The molecule has 2 saturated heterocycles. The fourth-order valence-electron chi connectivity index (χ4n) is 5.64. The van der Waals surface area contributed by atoms with Crippen molar-refractivity contribution in [1.29, 1.82) is 0 Å². The molecule has 2 atom stereocenters. The molecule has 0 N–H and O–H groups in total. The summed E-state index contributed by atoms with van der Waals surface area (Å²) in [7, 11) is 0. The van der Waals surface area contributed by atoms with E-state index in [0.717, 1.165) is 37.4 Å². The molecule has 6 nitrogen and oxygen atoms in total. The van der Waals surface area contributed by atoms with Crippen LogP contribution in [0.2, 0.25) is 0 Å². The third-order valence-electron chi connectivity index (χ3n) is 7.35. The molecule has 190 valence electrons. The number of nitrogens with zero attached hydrogens (tertiary/aromatic N) is 4. The second-order valence-electron chi connectivity index (χ2n) is 10.6. The van der Waals surface area contributed by atoms with Gasteiger partial charge in [-0.25, -0.2) is 4.98 Å². The SMILES string of the molecule is C[C@@H]1C[C@H](C)CN(C(=O)CSc2nc3ccc(N4CCCCC4)cc3c(=O)n2Cc2ccccc2)C1. The van der Waals surface area contributed by atoms with Crippen molar-refractivity contribution in [2.45, 2.75) is 51.2 Å². The highest BCUT2D eigenvalue weighted by Gasteiger charge is 2.26. The molecule has 2 fully saturated rings. The Bertz CT molecular complexity index is 1260. The summed E-state index contributed by atoms with van der Waals surface area (Å²) < 4.78 is 1.75. The Morgan fingerprint density at radius 1 is 1.00 bits per heavy atom. The lowest BCUT2D eigenvalue weighted by Gasteiger charge is -2.35. The molecule has 2 aliphatic heterocycles. The number of likely N-dealkylation sites (tertiary alicyclic amines) is 1. The van der Waals surface area contributed by atoms with E-state index in [2.05, 4.69) is 24.8 Å². The van der Waals surface area contributed by atoms with E-state index in [1.807, 2.05) is 47.4 Å². The number of piperidine rings is 2. The molecule has 0 saturated carbocycles. The van der Waals surface area contributed by atoms with Gasteiger partial charge in [-0.15, -0.1) is 0 Å². The number of hydrogen-bond donors (Lipinski definition) is 0. The van der Waals surface area contributed by atoms with Crippen LogP contribution < -0.4 is 10.5 Å². The van der Waals surface area contributed by atoms with Gasteiger partial charge in [0, 0.05) is 31.9 Å². The van der Waals surface area contributed by atoms with Crippen LogP contribution in [0.15, 0.2) is 58.5 Å². The van der Waals surface area contributed by atoms with Crippen LogP contribution in [0, 0.1) is 11.8 Å². The Morgan fingerprint density at radius 3 is 2.44 bits per heavy atom. The van der Waals surface area contributed by atoms with Crippen molar-refractivity contribution in [3.63, 3.8) is 0 Å². The first-order chi connectivity index (χ1) is 17.5. The molecular formula is C29H36N4O2S. The van der Waals surface area contributed by atoms with Gasteiger partial charge in [0.15, 0.2) is 5.16 Å². The number of carbonyl (C=O) groups is 1. The first-order valence-corrected chi connectivity index (χ1v) is 14.2. The Kier molecular flexibility index (Phi) is 7.65. The summed E-state index contributed by atoms with van der Waals surface area (Å²) in [5, 5.41) is 1.25. The molecule has 1 aromatic heterocycles. The van der Waals surface area contributed by atoms with Crippen molar-refractivity contribution in [2.75, 3.05) is 36.8 Å². The highest BCUT2D eigenvalue weighted by Crippen LogP contribution is 2.26. The van der Waals surface area contributed by atoms with Gasteiger partial charge in [0.2, 0.25) is 5.91 Å². The van der Waals surface area contributed by atoms with E-state index in [1.54, 1.807) is 4.57 Å². The largest absolute Gasteiger partial charge is 0.372 e. The van der Waals surface area contributed by atoms with Crippen LogP contribution >= 0.6 is 11.8 Å². The standard InChI is InChI=1S/C29H36N4O2S/c1-21-15-22(2)18-32(17-21)27(34)20-36-29-30-26-12-11-24(31-13-7-4-8-14-31)16-25(26)28(35)33(29)19-23-9-5-3-6-10-23/h3,5-6,9-12,16,21-22H,4,7-8,13-15,17-20H2,1-2H3/t21-,22+. The Labute approximate surface area is 217 Å². The predicted octanol–water partition coefficient (Wildman–Crippen LogP) is 5.03. The van der Waals surface area contributed by atoms with Crippen LogP contribution in [0.5, 0.6) is 0 Å². The van der Waals surface area contributed by atoms with Crippen LogP contribution in [-0.2, 0) is 11.3 Å². The maximum Gasteiger partial charge on any atom is 0.262 e. The number of thioether (sulfide) groups is 1. The molecule has 0 radical (unpaired) electrons. The van der Waals surface area contributed by atoms with Gasteiger partial charge in [-0.05, 0) is 61.3 Å². The molecule has 3 aromatic rings. The van der Waals surface area contributed by atoms with Crippen LogP contribution in [0.1, 0.15) is 45.1 Å². The topological polar surface area (TPSA) is 58.4 Å². The lowest BCUT2D eigenvalue weighted by molar-refractivity contribution is -0.130. The average molecular weight is 505 g/mol. The van der Waals surface area contributed by atoms with E-state index in [-0.39, 0.29) is 17.2 Å². The average Bonchev–Trinajstić information content (AvgIpc) is 2.89. The molecule has 1 amide bonds. The Hall–Kier alpha value is -2.80. The number of fused-ring (bicyclic) bond motifs is 1. The molecule has 0 spiro atoms. The summed E-state index contributed by atoms with van der Waals surface area (Å²) in [6, 6.07) is 16.0. The summed E-state index contributed by atoms with van der Waals surface area (Å²) in [6.07, 6.45) is 4.81. The van der Waals surface area contributed by atoms with E-state index in [0.29, 0.717) is 34.4 Å². The van der Waals surface area contributed by atoms with Crippen LogP contribution in [0.3, 0.4) is 0 Å². The van der Waals surface area contributed by atoms with Crippen LogP contribution in [0.25, 0.3) is 10.9 Å². The minimum atomic E-state index is -0.0436. The normalized spacial score (nSPS) is 20.6. The Balaban J connectivity index is 1.46. The van der Waals surface area contributed by atoms with Gasteiger partial charge in [0.05, 0.1) is 23.2 Å². The van der Waals surface area contributed by atoms with Crippen molar-refractivity contribution >= 4 is 34.3 Å². The van der Waals surface area contributed by atoms with Crippen molar-refractivity contribution in [3.05, 3.63) is 64.4 Å². The predicted molar refractivity (Wildman–Crippen MR) is 148 cm³/mol. The molecular weight excluding hydrogens is 468 g/mol. The minimum absolute atomic E-state index is 0.0436. The van der Waals surface area contributed by atoms with Gasteiger partial charge in [-0.1, -0.05) is 55.9 Å². The number of hydrogen-bond acceptors (Lipinski definition) is 5. The molecule has 2 aromatic carbocycles. The number of benzene rings is 2. The third kappa shape index (κ3) is 5.61. The fraction of sp³-hybridized carbons (Fsp3) is 0.483. The number of anilines is 1. The zero-order chi connectivity index (χ0) is 25.1. The zero-order valence-electron chi connectivity index (χ0n) is 21.4. The summed E-state index contributed by atoms with van der Waals surface area (Å²) in [5.41, 5.74) is 2.79. The van der Waals surface area contributed by atoms with Crippen LogP contribution in [-0.4, -0.2) is 52.3 Å². The molecule has 7 heteroatoms. The van der Waals surface area contributed by atoms with Crippen molar-refractivity contribution in [1.82, 2.24) is 14.5 Å². The zero-order valence-corrected chi connectivity index (χ0v) is 22.2. The highest BCUT2D eigenvalue weighted by molar-refractivity contribution is 7.99. The molecule has 2 aliphatic rings. The molecule has 36 heavy (non-hydrogen) atoms. The van der Waals surface area contributed by atoms with E-state index >= 15 is 0 Å². The summed E-state index contributed by atoms with van der Waals surface area (Å²) >= 11 is 1.38. The second-order valence-corrected chi connectivity index (χ2v) is 11.5. The maximum atomic E-state index is 13.8. The summed E-state index contributed by atoms with van der Waals surface area (Å²) in [4.78, 5) is 36.2. The van der Waals surface area contributed by atoms with Gasteiger partial charge < -0.3 is 9.80 Å². The van der Waals surface area contributed by atoms with E-state index in [4.69, 9.17) is 4.98 Å².